The lowest BCUT2D eigenvalue weighted by molar-refractivity contribution is 0.231. The molecule has 0 amide bonds. The van der Waals surface area contributed by atoms with Crippen LogP contribution in [0.25, 0.3) is 0 Å². The summed E-state index contributed by atoms with van der Waals surface area (Å²) in [5.74, 6) is -3.34. The van der Waals surface area contributed by atoms with Crippen LogP contribution in [-0.4, -0.2) is 32.8 Å². The van der Waals surface area contributed by atoms with Gasteiger partial charge in [-0.15, -0.1) is 0 Å². The number of sulfonamides is 1. The second-order valence-electron chi connectivity index (χ2n) is 3.17. The van der Waals surface area contributed by atoms with E-state index in [-0.39, 0.29) is 6.04 Å². The maximum absolute atomic E-state index is 11.9. The molecule has 13 heavy (non-hydrogen) atoms. The molecule has 0 radical (unpaired) electrons. The van der Waals surface area contributed by atoms with E-state index in [1.54, 1.807) is 0 Å². The zero-order valence-electron chi connectivity index (χ0n) is 7.13. The third-order valence-electron chi connectivity index (χ3n) is 1.92. The first-order valence-corrected chi connectivity index (χ1v) is 5.49. The van der Waals surface area contributed by atoms with Gasteiger partial charge in [0.1, 0.15) is 0 Å². The van der Waals surface area contributed by atoms with Crippen molar-refractivity contribution in [3.8, 4) is 0 Å². The van der Waals surface area contributed by atoms with Crippen LogP contribution in [-0.2, 0) is 10.0 Å². The maximum Gasteiger partial charge on any atom is 0.350 e. The van der Waals surface area contributed by atoms with Crippen LogP contribution in [0.2, 0.25) is 0 Å². The van der Waals surface area contributed by atoms with E-state index in [2.05, 4.69) is 5.32 Å². The van der Waals surface area contributed by atoms with E-state index in [1.165, 1.54) is 0 Å². The van der Waals surface area contributed by atoms with Gasteiger partial charge in [-0.3, -0.25) is 0 Å². The summed E-state index contributed by atoms with van der Waals surface area (Å²) in [6.07, 6.45) is 0.548. The first-order valence-electron chi connectivity index (χ1n) is 3.94. The van der Waals surface area contributed by atoms with E-state index >= 15 is 0 Å². The molecule has 0 saturated carbocycles. The van der Waals surface area contributed by atoms with Crippen molar-refractivity contribution in [3.05, 3.63) is 0 Å². The summed E-state index contributed by atoms with van der Waals surface area (Å²) in [5, 5.41) is 2.96. The van der Waals surface area contributed by atoms with E-state index in [0.717, 1.165) is 0 Å². The molecule has 2 atom stereocenters. The van der Waals surface area contributed by atoms with E-state index < -0.39 is 21.8 Å². The van der Waals surface area contributed by atoms with Crippen molar-refractivity contribution in [1.29, 1.82) is 0 Å². The average molecular weight is 214 g/mol. The molecule has 1 aliphatic rings. The lowest BCUT2D eigenvalue weighted by Crippen LogP contribution is -2.39. The van der Waals surface area contributed by atoms with Crippen LogP contribution in [0.5, 0.6) is 0 Å². The molecule has 1 rings (SSSR count). The molecule has 0 aromatic heterocycles. The normalized spacial score (nSPS) is 29.8. The number of nitrogens with one attached hydrogen (secondary N) is 2. The number of halogens is 2. The molecule has 1 heterocycles. The summed E-state index contributed by atoms with van der Waals surface area (Å²) >= 11 is 0. The number of alkyl halides is 2. The standard InChI is InChI=1S/C6H12F2N2O2S/c1-4-2-5(3-9-4)10-13(11,12)6(7)8/h4-6,9-10H,2-3H2,1H3. The second kappa shape index (κ2) is 3.85. The highest BCUT2D eigenvalue weighted by molar-refractivity contribution is 7.89. The summed E-state index contributed by atoms with van der Waals surface area (Å²) in [7, 11) is -4.43. The zero-order chi connectivity index (χ0) is 10.1. The molecular weight excluding hydrogens is 202 g/mol. The van der Waals surface area contributed by atoms with Crippen molar-refractivity contribution in [3.63, 3.8) is 0 Å². The van der Waals surface area contributed by atoms with Gasteiger partial charge < -0.3 is 5.32 Å². The third kappa shape index (κ3) is 2.85. The summed E-state index contributed by atoms with van der Waals surface area (Å²) in [6.45, 7) is 2.28. The molecule has 0 bridgehead atoms. The maximum atomic E-state index is 11.9. The fourth-order valence-corrected chi connectivity index (χ4v) is 2.06. The minimum Gasteiger partial charge on any atom is -0.313 e. The first kappa shape index (κ1) is 10.8. The lowest BCUT2D eigenvalue weighted by atomic mass is 10.2. The third-order valence-corrected chi connectivity index (χ3v) is 3.05. The van der Waals surface area contributed by atoms with Gasteiger partial charge >= 0.3 is 5.76 Å². The van der Waals surface area contributed by atoms with Crippen LogP contribution in [0.3, 0.4) is 0 Å². The number of rotatable bonds is 3. The lowest BCUT2D eigenvalue weighted by Gasteiger charge is -2.10. The van der Waals surface area contributed by atoms with E-state index in [1.807, 2.05) is 11.6 Å². The minimum absolute atomic E-state index is 0.172. The van der Waals surface area contributed by atoms with Crippen LogP contribution in [0.4, 0.5) is 8.78 Å². The molecule has 0 spiro atoms. The fourth-order valence-electron chi connectivity index (χ4n) is 1.31. The predicted octanol–water partition coefficient (Wildman–Crippen LogP) is -0.121. The molecule has 78 valence electrons. The van der Waals surface area contributed by atoms with Crippen molar-refractivity contribution in [1.82, 2.24) is 10.0 Å². The Morgan fingerprint density at radius 3 is 2.54 bits per heavy atom. The number of hydrogen-bond acceptors (Lipinski definition) is 3. The Balaban J connectivity index is 2.50. The molecule has 0 aliphatic carbocycles. The summed E-state index contributed by atoms with van der Waals surface area (Å²) < 4.78 is 47.1. The fraction of sp³-hybridized carbons (Fsp3) is 1.00. The van der Waals surface area contributed by atoms with E-state index in [0.29, 0.717) is 13.0 Å². The monoisotopic (exact) mass is 214 g/mol. The SMILES string of the molecule is CC1CC(NS(=O)(=O)C(F)F)CN1. The molecule has 4 nitrogen and oxygen atoms in total. The van der Waals surface area contributed by atoms with Gasteiger partial charge in [0.25, 0.3) is 10.0 Å². The second-order valence-corrected chi connectivity index (χ2v) is 4.85. The van der Waals surface area contributed by atoms with Gasteiger partial charge in [0.15, 0.2) is 0 Å². The molecule has 2 unspecified atom stereocenters. The molecule has 7 heteroatoms. The van der Waals surface area contributed by atoms with Gasteiger partial charge in [0.2, 0.25) is 0 Å². The Hall–Kier alpha value is -0.270. The average Bonchev–Trinajstić information content (AvgIpc) is 2.34. The highest BCUT2D eigenvalue weighted by atomic mass is 32.2. The van der Waals surface area contributed by atoms with Crippen LogP contribution in [0.15, 0.2) is 0 Å². The molecule has 2 N–H and O–H groups in total. The predicted molar refractivity (Wildman–Crippen MR) is 43.9 cm³/mol. The highest BCUT2D eigenvalue weighted by Crippen LogP contribution is 2.09. The highest BCUT2D eigenvalue weighted by Gasteiger charge is 2.30. The smallest absolute Gasteiger partial charge is 0.313 e. The van der Waals surface area contributed by atoms with Crippen LogP contribution in [0, 0.1) is 0 Å². The van der Waals surface area contributed by atoms with Crippen molar-refractivity contribution in [2.45, 2.75) is 31.2 Å². The molecule has 0 aromatic rings. The van der Waals surface area contributed by atoms with Gasteiger partial charge in [-0.2, -0.15) is 8.78 Å². The van der Waals surface area contributed by atoms with Crippen molar-refractivity contribution in [2.75, 3.05) is 6.54 Å². The zero-order valence-corrected chi connectivity index (χ0v) is 7.94. The van der Waals surface area contributed by atoms with Crippen LogP contribution in [0.1, 0.15) is 13.3 Å². The summed E-state index contributed by atoms with van der Waals surface area (Å²) in [5.41, 5.74) is 0. The van der Waals surface area contributed by atoms with Gasteiger partial charge in [-0.25, -0.2) is 13.1 Å². The van der Waals surface area contributed by atoms with Crippen LogP contribution >= 0.6 is 0 Å². The Kier molecular flexibility index (Phi) is 3.20. The molecule has 1 fully saturated rings. The van der Waals surface area contributed by atoms with E-state index in [9.17, 15) is 17.2 Å². The Bertz CT molecular complexity index is 268. The van der Waals surface area contributed by atoms with Gasteiger partial charge in [-0.05, 0) is 13.3 Å². The minimum atomic E-state index is -4.43. The Labute approximate surface area is 75.7 Å². The number of hydrogen-bond donors (Lipinski definition) is 2. The topological polar surface area (TPSA) is 58.2 Å². The van der Waals surface area contributed by atoms with E-state index in [4.69, 9.17) is 0 Å². The van der Waals surface area contributed by atoms with Crippen molar-refractivity contribution in [2.24, 2.45) is 0 Å². The largest absolute Gasteiger partial charge is 0.350 e. The Morgan fingerprint density at radius 2 is 2.15 bits per heavy atom. The molecule has 1 aliphatic heterocycles. The van der Waals surface area contributed by atoms with Gasteiger partial charge in [-0.1, -0.05) is 0 Å². The van der Waals surface area contributed by atoms with Crippen LogP contribution < -0.4 is 10.0 Å². The quantitative estimate of drug-likeness (QED) is 0.688. The molecule has 0 aromatic carbocycles. The molecule has 1 saturated heterocycles. The van der Waals surface area contributed by atoms with Gasteiger partial charge in [0, 0.05) is 18.6 Å². The van der Waals surface area contributed by atoms with Crippen molar-refractivity contribution >= 4 is 10.0 Å². The molecular formula is C6H12F2N2O2S. The summed E-state index contributed by atoms with van der Waals surface area (Å²) in [6, 6.07) is -0.237. The first-order chi connectivity index (χ1) is 5.92. The van der Waals surface area contributed by atoms with Gasteiger partial charge in [0.05, 0.1) is 0 Å². The Morgan fingerprint density at radius 1 is 1.54 bits per heavy atom. The van der Waals surface area contributed by atoms with Crippen molar-refractivity contribution < 1.29 is 17.2 Å². The summed E-state index contributed by atoms with van der Waals surface area (Å²) in [4.78, 5) is 0.